The number of anilines is 1. The Morgan fingerprint density at radius 1 is 1.17 bits per heavy atom. The van der Waals surface area contributed by atoms with E-state index in [1.807, 2.05) is 52.8 Å². The molecular weight excluding hydrogens is 392 g/mol. The van der Waals surface area contributed by atoms with Gasteiger partial charge in [0.25, 0.3) is 0 Å². The standard InChI is InChI=1S/C21H30N2O5S/c1-12(2)15(23-20(25)28-21(3,4)5)11-22-17-14-10-13(26-6)8-9-16(14)29-18(17)19(24)27-7/h8-10,12,15,22H,11H2,1-7H3,(H,23,25). The number of ether oxygens (including phenoxy) is 3. The van der Waals surface area contributed by atoms with Crippen LogP contribution in [0, 0.1) is 5.92 Å². The third-order valence-corrected chi connectivity index (χ3v) is 5.42. The van der Waals surface area contributed by atoms with Crippen molar-refractivity contribution < 1.29 is 23.8 Å². The molecule has 0 aliphatic heterocycles. The van der Waals surface area contributed by atoms with Crippen molar-refractivity contribution in [1.82, 2.24) is 5.32 Å². The first kappa shape index (κ1) is 22.8. The lowest BCUT2D eigenvalue weighted by Gasteiger charge is -2.26. The van der Waals surface area contributed by atoms with Gasteiger partial charge < -0.3 is 24.8 Å². The molecule has 1 heterocycles. The van der Waals surface area contributed by atoms with Gasteiger partial charge in [-0.3, -0.25) is 0 Å². The fourth-order valence-corrected chi connectivity index (χ4v) is 3.82. The monoisotopic (exact) mass is 422 g/mol. The molecule has 2 N–H and O–H groups in total. The molecule has 0 aliphatic rings. The van der Waals surface area contributed by atoms with Crippen LogP contribution in [0.15, 0.2) is 18.2 Å². The van der Waals surface area contributed by atoms with Crippen molar-refractivity contribution in [2.24, 2.45) is 5.92 Å². The van der Waals surface area contributed by atoms with Gasteiger partial charge in [0.05, 0.1) is 25.9 Å². The molecule has 1 amide bonds. The zero-order valence-electron chi connectivity index (χ0n) is 18.0. The lowest BCUT2D eigenvalue weighted by atomic mass is 10.0. The SMILES string of the molecule is COC(=O)c1sc2ccc(OC)cc2c1NCC(NC(=O)OC(C)(C)C)C(C)C. The first-order chi connectivity index (χ1) is 13.6. The van der Waals surface area contributed by atoms with Crippen LogP contribution in [0.5, 0.6) is 5.75 Å². The second-order valence-electron chi connectivity index (χ2n) is 8.04. The second-order valence-corrected chi connectivity index (χ2v) is 9.09. The Balaban J connectivity index is 2.28. The highest BCUT2D eigenvalue weighted by Crippen LogP contribution is 2.38. The first-order valence-electron chi connectivity index (χ1n) is 9.48. The molecule has 8 heteroatoms. The molecule has 0 aliphatic carbocycles. The predicted molar refractivity (Wildman–Crippen MR) is 116 cm³/mol. The van der Waals surface area contributed by atoms with E-state index in [1.165, 1.54) is 18.4 Å². The average Bonchev–Trinajstić information content (AvgIpc) is 3.00. The van der Waals surface area contributed by atoms with E-state index in [-0.39, 0.29) is 12.0 Å². The normalized spacial score (nSPS) is 12.6. The van der Waals surface area contributed by atoms with Gasteiger partial charge in [0.15, 0.2) is 0 Å². The summed E-state index contributed by atoms with van der Waals surface area (Å²) in [5.41, 5.74) is 0.101. The maximum Gasteiger partial charge on any atom is 0.407 e. The summed E-state index contributed by atoms with van der Waals surface area (Å²) in [6.45, 7) is 9.91. The number of nitrogens with one attached hydrogen (secondary N) is 2. The summed E-state index contributed by atoms with van der Waals surface area (Å²) < 4.78 is 16.6. The van der Waals surface area contributed by atoms with E-state index >= 15 is 0 Å². The van der Waals surface area contributed by atoms with Crippen molar-refractivity contribution in [1.29, 1.82) is 0 Å². The summed E-state index contributed by atoms with van der Waals surface area (Å²) in [7, 11) is 2.96. The maximum atomic E-state index is 12.3. The quantitative estimate of drug-likeness (QED) is 0.631. The van der Waals surface area contributed by atoms with Gasteiger partial charge in [0.1, 0.15) is 16.2 Å². The minimum atomic E-state index is -0.572. The summed E-state index contributed by atoms with van der Waals surface area (Å²) in [6.07, 6.45) is -0.469. The molecule has 0 fully saturated rings. The summed E-state index contributed by atoms with van der Waals surface area (Å²) >= 11 is 1.35. The molecule has 0 saturated carbocycles. The van der Waals surface area contributed by atoms with E-state index in [0.29, 0.717) is 22.9 Å². The Kier molecular flexibility index (Phi) is 7.35. The van der Waals surface area contributed by atoms with Gasteiger partial charge in [-0.15, -0.1) is 11.3 Å². The number of thiophene rings is 1. The van der Waals surface area contributed by atoms with Crippen LogP contribution in [-0.4, -0.2) is 44.5 Å². The average molecular weight is 423 g/mol. The van der Waals surface area contributed by atoms with Gasteiger partial charge in [-0.05, 0) is 44.9 Å². The van der Waals surface area contributed by atoms with Crippen LogP contribution < -0.4 is 15.4 Å². The smallest absolute Gasteiger partial charge is 0.407 e. The number of amides is 1. The van der Waals surface area contributed by atoms with E-state index in [4.69, 9.17) is 14.2 Å². The van der Waals surface area contributed by atoms with Gasteiger partial charge in [-0.25, -0.2) is 9.59 Å². The third kappa shape index (κ3) is 6.00. The Bertz CT molecular complexity index is 870. The summed E-state index contributed by atoms with van der Waals surface area (Å²) in [4.78, 5) is 25.0. The molecular formula is C21H30N2O5S. The number of carbonyl (C=O) groups excluding carboxylic acids is 2. The van der Waals surface area contributed by atoms with E-state index in [0.717, 1.165) is 10.1 Å². The van der Waals surface area contributed by atoms with Crippen molar-refractivity contribution in [2.45, 2.75) is 46.3 Å². The Morgan fingerprint density at radius 3 is 2.41 bits per heavy atom. The van der Waals surface area contributed by atoms with Crippen LogP contribution in [0.4, 0.5) is 10.5 Å². The molecule has 160 valence electrons. The highest BCUT2D eigenvalue weighted by molar-refractivity contribution is 7.21. The highest BCUT2D eigenvalue weighted by atomic mass is 32.1. The number of fused-ring (bicyclic) bond motifs is 1. The van der Waals surface area contributed by atoms with Crippen LogP contribution in [0.2, 0.25) is 0 Å². The molecule has 7 nitrogen and oxygen atoms in total. The fourth-order valence-electron chi connectivity index (χ4n) is 2.74. The molecule has 1 unspecified atom stereocenters. The van der Waals surface area contributed by atoms with E-state index in [9.17, 15) is 9.59 Å². The molecule has 1 aromatic carbocycles. The molecule has 29 heavy (non-hydrogen) atoms. The number of esters is 1. The third-order valence-electron chi connectivity index (χ3n) is 4.27. The number of alkyl carbamates (subject to hydrolysis) is 1. The number of carbonyl (C=O) groups is 2. The topological polar surface area (TPSA) is 85.9 Å². The Morgan fingerprint density at radius 2 is 1.86 bits per heavy atom. The number of rotatable bonds is 7. The van der Waals surface area contributed by atoms with E-state index in [1.54, 1.807) is 7.11 Å². The summed E-state index contributed by atoms with van der Waals surface area (Å²) in [5.74, 6) is 0.437. The van der Waals surface area contributed by atoms with Crippen molar-refractivity contribution in [3.05, 3.63) is 23.1 Å². The zero-order valence-corrected chi connectivity index (χ0v) is 18.9. The Labute approximate surface area is 175 Å². The maximum absolute atomic E-state index is 12.3. The van der Waals surface area contributed by atoms with Crippen LogP contribution in [-0.2, 0) is 9.47 Å². The molecule has 1 atom stereocenters. The molecule has 2 aromatic rings. The van der Waals surface area contributed by atoms with Crippen molar-refractivity contribution in [3.63, 3.8) is 0 Å². The largest absolute Gasteiger partial charge is 0.497 e. The number of hydrogen-bond donors (Lipinski definition) is 2. The van der Waals surface area contributed by atoms with E-state index < -0.39 is 17.7 Å². The van der Waals surface area contributed by atoms with E-state index in [2.05, 4.69) is 10.6 Å². The van der Waals surface area contributed by atoms with Crippen molar-refractivity contribution >= 4 is 39.2 Å². The van der Waals surface area contributed by atoms with Crippen molar-refractivity contribution in [2.75, 3.05) is 26.1 Å². The predicted octanol–water partition coefficient (Wildman–Crippen LogP) is 4.66. The lowest BCUT2D eigenvalue weighted by molar-refractivity contribution is 0.0493. The van der Waals surface area contributed by atoms with Gasteiger partial charge in [0, 0.05) is 16.6 Å². The Hall–Kier alpha value is -2.48. The molecule has 0 spiro atoms. The molecule has 0 radical (unpaired) electrons. The minimum Gasteiger partial charge on any atom is -0.497 e. The van der Waals surface area contributed by atoms with Gasteiger partial charge in [-0.2, -0.15) is 0 Å². The molecule has 2 rings (SSSR count). The number of methoxy groups -OCH3 is 2. The van der Waals surface area contributed by atoms with Crippen LogP contribution in [0.1, 0.15) is 44.3 Å². The molecule has 0 bridgehead atoms. The van der Waals surface area contributed by atoms with Crippen molar-refractivity contribution in [3.8, 4) is 5.75 Å². The lowest BCUT2D eigenvalue weighted by Crippen LogP contribution is -2.45. The molecule has 1 aromatic heterocycles. The van der Waals surface area contributed by atoms with Crippen LogP contribution in [0.25, 0.3) is 10.1 Å². The zero-order chi connectivity index (χ0) is 21.8. The first-order valence-corrected chi connectivity index (χ1v) is 10.3. The summed E-state index contributed by atoms with van der Waals surface area (Å²) in [6, 6.07) is 5.45. The van der Waals surface area contributed by atoms with Crippen LogP contribution in [0.3, 0.4) is 0 Å². The van der Waals surface area contributed by atoms with Gasteiger partial charge >= 0.3 is 12.1 Å². The minimum absolute atomic E-state index is 0.149. The van der Waals surface area contributed by atoms with Gasteiger partial charge in [-0.1, -0.05) is 13.8 Å². The van der Waals surface area contributed by atoms with Gasteiger partial charge in [0.2, 0.25) is 0 Å². The highest BCUT2D eigenvalue weighted by Gasteiger charge is 2.24. The number of benzene rings is 1. The number of hydrogen-bond acceptors (Lipinski definition) is 7. The molecule has 0 saturated heterocycles. The fraction of sp³-hybridized carbons (Fsp3) is 0.524. The van der Waals surface area contributed by atoms with Crippen LogP contribution >= 0.6 is 11.3 Å². The summed E-state index contributed by atoms with van der Waals surface area (Å²) in [5, 5.41) is 7.11. The second kappa shape index (κ2) is 9.35.